The minimum atomic E-state index is -4.10. The predicted molar refractivity (Wildman–Crippen MR) is 108 cm³/mol. The number of rotatable bonds is 6. The summed E-state index contributed by atoms with van der Waals surface area (Å²) < 4.78 is 60.2. The quantitative estimate of drug-likeness (QED) is 0.557. The molecule has 1 aromatic carbocycles. The van der Waals surface area contributed by atoms with E-state index in [1.54, 1.807) is 14.0 Å². The molecule has 2 aromatic rings. The number of hydrogen-bond acceptors (Lipinski definition) is 7. The number of nitrogens with zero attached hydrogens (tertiary/aromatic N) is 3. The number of amides is 1. The molecule has 1 aromatic heterocycles. The van der Waals surface area contributed by atoms with Crippen molar-refractivity contribution in [2.75, 3.05) is 29.0 Å². The molecule has 1 amide bonds. The van der Waals surface area contributed by atoms with Crippen molar-refractivity contribution in [2.45, 2.75) is 17.9 Å². The summed E-state index contributed by atoms with van der Waals surface area (Å²) in [7, 11) is -6.01. The van der Waals surface area contributed by atoms with Gasteiger partial charge in [0.25, 0.3) is 10.0 Å². The minimum absolute atomic E-state index is 0.0238. The van der Waals surface area contributed by atoms with Crippen LogP contribution in [0.25, 0.3) is 0 Å². The SMILES string of the molecule is Cc1c(S(=O)(=O)N2CC(CNS(C)(=O)=O)Oc3ccc(NC(=O)O)cc32)cnn1C. The van der Waals surface area contributed by atoms with Crippen molar-refractivity contribution in [3.05, 3.63) is 30.1 Å². The highest BCUT2D eigenvalue weighted by Crippen LogP contribution is 2.39. The number of aryl methyl sites for hydroxylation is 1. The average Bonchev–Trinajstić information content (AvgIpc) is 2.98. The molecule has 1 atom stereocenters. The molecular weight excluding hydrogens is 438 g/mol. The first-order valence-corrected chi connectivity index (χ1v) is 12.0. The van der Waals surface area contributed by atoms with Crippen LogP contribution in [0.15, 0.2) is 29.3 Å². The number of benzene rings is 1. The monoisotopic (exact) mass is 459 g/mol. The predicted octanol–water partition coefficient (Wildman–Crippen LogP) is 0.324. The Labute approximate surface area is 173 Å². The lowest BCUT2D eigenvalue weighted by atomic mass is 10.2. The molecule has 30 heavy (non-hydrogen) atoms. The lowest BCUT2D eigenvalue weighted by Crippen LogP contribution is -2.48. The van der Waals surface area contributed by atoms with Crippen LogP contribution in [-0.2, 0) is 27.1 Å². The van der Waals surface area contributed by atoms with Gasteiger partial charge in [0.1, 0.15) is 16.7 Å². The Bertz CT molecular complexity index is 1190. The van der Waals surface area contributed by atoms with Gasteiger partial charge in [-0.3, -0.25) is 14.3 Å². The number of aromatic nitrogens is 2. The number of fused-ring (bicyclic) bond motifs is 1. The Morgan fingerprint density at radius 3 is 2.60 bits per heavy atom. The van der Waals surface area contributed by atoms with Crippen molar-refractivity contribution in [3.8, 4) is 5.75 Å². The van der Waals surface area contributed by atoms with Crippen LogP contribution < -0.4 is 19.1 Å². The number of hydrogen-bond donors (Lipinski definition) is 3. The van der Waals surface area contributed by atoms with E-state index >= 15 is 0 Å². The van der Waals surface area contributed by atoms with Gasteiger partial charge < -0.3 is 9.84 Å². The topological polar surface area (TPSA) is 160 Å². The number of carboxylic acid groups (broad SMARTS) is 1. The zero-order valence-electron chi connectivity index (χ0n) is 16.4. The fourth-order valence-electron chi connectivity index (χ4n) is 2.94. The highest BCUT2D eigenvalue weighted by atomic mass is 32.2. The molecule has 2 heterocycles. The van der Waals surface area contributed by atoms with Gasteiger partial charge in [0.05, 0.1) is 30.4 Å². The second-order valence-electron chi connectivity index (χ2n) is 6.73. The fraction of sp³-hybridized carbons (Fsp3) is 0.375. The van der Waals surface area contributed by atoms with E-state index in [2.05, 4.69) is 15.1 Å². The Hall–Kier alpha value is -2.84. The van der Waals surface area contributed by atoms with Gasteiger partial charge in [-0.15, -0.1) is 0 Å². The molecule has 0 aliphatic carbocycles. The van der Waals surface area contributed by atoms with Gasteiger partial charge in [-0.1, -0.05) is 0 Å². The van der Waals surface area contributed by atoms with Crippen LogP contribution in [0.3, 0.4) is 0 Å². The van der Waals surface area contributed by atoms with E-state index in [4.69, 9.17) is 9.84 Å². The lowest BCUT2D eigenvalue weighted by Gasteiger charge is -2.35. The fourth-order valence-corrected chi connectivity index (χ4v) is 5.12. The summed E-state index contributed by atoms with van der Waals surface area (Å²) >= 11 is 0. The third-order valence-corrected chi connectivity index (χ3v) is 7.05. The van der Waals surface area contributed by atoms with Crippen molar-refractivity contribution in [3.63, 3.8) is 0 Å². The van der Waals surface area contributed by atoms with Crippen LogP contribution in [0, 0.1) is 6.92 Å². The van der Waals surface area contributed by atoms with Crippen molar-refractivity contribution >= 4 is 37.5 Å². The van der Waals surface area contributed by atoms with Gasteiger partial charge in [0.15, 0.2) is 0 Å². The Morgan fingerprint density at radius 2 is 2.03 bits per heavy atom. The zero-order valence-corrected chi connectivity index (χ0v) is 18.0. The maximum absolute atomic E-state index is 13.4. The van der Waals surface area contributed by atoms with E-state index in [0.717, 1.165) is 10.6 Å². The van der Waals surface area contributed by atoms with E-state index in [-0.39, 0.29) is 35.1 Å². The first kappa shape index (κ1) is 21.9. The summed E-state index contributed by atoms with van der Waals surface area (Å²) in [5, 5.41) is 15.1. The van der Waals surface area contributed by atoms with Crippen LogP contribution in [0.5, 0.6) is 5.75 Å². The molecule has 0 saturated carbocycles. The molecule has 14 heteroatoms. The summed E-state index contributed by atoms with van der Waals surface area (Å²) in [4.78, 5) is 10.9. The normalized spacial score (nSPS) is 16.6. The summed E-state index contributed by atoms with van der Waals surface area (Å²) in [6, 6.07) is 4.18. The van der Waals surface area contributed by atoms with E-state index in [0.29, 0.717) is 5.69 Å². The highest BCUT2D eigenvalue weighted by molar-refractivity contribution is 7.93. The van der Waals surface area contributed by atoms with Gasteiger partial charge in [0, 0.05) is 19.3 Å². The number of carbonyl (C=O) groups is 1. The number of anilines is 2. The molecular formula is C16H21N5O7S2. The second-order valence-corrected chi connectivity index (χ2v) is 10.4. The van der Waals surface area contributed by atoms with E-state index in [1.807, 2.05) is 0 Å². The van der Waals surface area contributed by atoms with Crippen molar-refractivity contribution < 1.29 is 31.5 Å². The molecule has 12 nitrogen and oxygen atoms in total. The van der Waals surface area contributed by atoms with Crippen molar-refractivity contribution in [1.29, 1.82) is 0 Å². The molecule has 1 unspecified atom stereocenters. The zero-order chi connectivity index (χ0) is 22.3. The molecule has 1 aliphatic heterocycles. The van der Waals surface area contributed by atoms with E-state index in [9.17, 15) is 21.6 Å². The van der Waals surface area contributed by atoms with Crippen LogP contribution >= 0.6 is 0 Å². The molecule has 3 rings (SSSR count). The highest BCUT2D eigenvalue weighted by Gasteiger charge is 2.36. The minimum Gasteiger partial charge on any atom is -0.485 e. The second kappa shape index (κ2) is 7.77. The molecule has 0 fully saturated rings. The third kappa shape index (κ3) is 4.49. The van der Waals surface area contributed by atoms with Gasteiger partial charge in [-0.2, -0.15) is 5.10 Å². The summed E-state index contributed by atoms with van der Waals surface area (Å²) in [5.41, 5.74) is 0.689. The molecule has 0 bridgehead atoms. The first-order valence-electron chi connectivity index (χ1n) is 8.65. The largest absolute Gasteiger partial charge is 0.485 e. The summed E-state index contributed by atoms with van der Waals surface area (Å²) in [6.45, 7) is 1.26. The lowest BCUT2D eigenvalue weighted by molar-refractivity contribution is 0.203. The maximum atomic E-state index is 13.4. The Balaban J connectivity index is 2.06. The number of sulfonamides is 2. The Morgan fingerprint density at radius 1 is 1.33 bits per heavy atom. The summed E-state index contributed by atoms with van der Waals surface area (Å²) in [6.07, 6.45) is 0.0982. The van der Waals surface area contributed by atoms with Crippen LogP contribution in [0.4, 0.5) is 16.2 Å². The first-order chi connectivity index (χ1) is 13.9. The summed E-state index contributed by atoms with van der Waals surface area (Å²) in [5.74, 6) is 0.169. The smallest absolute Gasteiger partial charge is 0.409 e. The molecule has 164 valence electrons. The Kier molecular flexibility index (Phi) is 5.66. The van der Waals surface area contributed by atoms with Gasteiger partial charge in [-0.25, -0.2) is 26.4 Å². The number of ether oxygens (including phenoxy) is 1. The van der Waals surface area contributed by atoms with Gasteiger partial charge >= 0.3 is 6.09 Å². The number of nitrogens with one attached hydrogen (secondary N) is 2. The van der Waals surface area contributed by atoms with Crippen LogP contribution in [0.1, 0.15) is 5.69 Å². The van der Waals surface area contributed by atoms with E-state index in [1.165, 1.54) is 29.1 Å². The molecule has 0 spiro atoms. The third-order valence-electron chi connectivity index (χ3n) is 4.47. The standard InChI is InChI=1S/C16H21N5O7S2/c1-10-15(8-17-20(10)2)30(26,27)21-9-12(7-18-29(3,24)25)28-14-5-4-11(6-13(14)21)19-16(22)23/h4-6,8,12,18-19H,7,9H2,1-3H3,(H,22,23). The van der Waals surface area contributed by atoms with Crippen molar-refractivity contribution in [1.82, 2.24) is 14.5 Å². The van der Waals surface area contributed by atoms with E-state index < -0.39 is 32.2 Å². The molecule has 0 radical (unpaired) electrons. The average molecular weight is 460 g/mol. The van der Waals surface area contributed by atoms with Gasteiger partial charge in [-0.05, 0) is 25.1 Å². The molecule has 1 aliphatic rings. The molecule has 3 N–H and O–H groups in total. The van der Waals surface area contributed by atoms with Gasteiger partial charge in [0.2, 0.25) is 10.0 Å². The van der Waals surface area contributed by atoms with Crippen LogP contribution in [0.2, 0.25) is 0 Å². The van der Waals surface area contributed by atoms with Crippen LogP contribution in [-0.4, -0.2) is 63.3 Å². The van der Waals surface area contributed by atoms with Crippen molar-refractivity contribution in [2.24, 2.45) is 7.05 Å². The maximum Gasteiger partial charge on any atom is 0.409 e. The molecule has 0 saturated heterocycles.